The van der Waals surface area contributed by atoms with Gasteiger partial charge in [-0.25, -0.2) is 13.4 Å². The molecule has 4 rings (SSSR count). The second-order valence-electron chi connectivity index (χ2n) is 6.06. The number of anilines is 1. The fraction of sp³-hybridized carbons (Fsp3) is 0.312. The summed E-state index contributed by atoms with van der Waals surface area (Å²) in [6.07, 6.45) is 5.84. The molecule has 1 fully saturated rings. The average molecular weight is 411 g/mol. The summed E-state index contributed by atoms with van der Waals surface area (Å²) in [5.41, 5.74) is 0.618. The molecule has 1 N–H and O–H groups in total. The van der Waals surface area contributed by atoms with Crippen molar-refractivity contribution >= 4 is 38.8 Å². The third kappa shape index (κ3) is 3.60. The average Bonchev–Trinajstić information content (AvgIpc) is 3.36. The molecule has 0 aliphatic heterocycles. The monoisotopic (exact) mass is 410 g/mol. The second-order valence-corrected chi connectivity index (χ2v) is 9.32. The molecule has 0 aromatic carbocycles. The van der Waals surface area contributed by atoms with Crippen molar-refractivity contribution in [2.24, 2.45) is 0 Å². The lowest BCUT2D eigenvalue weighted by Crippen LogP contribution is -2.12. The Morgan fingerprint density at radius 3 is 2.81 bits per heavy atom. The molecule has 0 unspecified atom stereocenters. The molecule has 0 atom stereocenters. The number of halogens is 1. The van der Waals surface area contributed by atoms with E-state index in [1.54, 1.807) is 11.4 Å². The summed E-state index contributed by atoms with van der Waals surface area (Å²) in [5, 5.41) is 6.13. The lowest BCUT2D eigenvalue weighted by atomic mass is 10.1. The fourth-order valence-corrected chi connectivity index (χ4v) is 5.17. The summed E-state index contributed by atoms with van der Waals surface area (Å²) in [6.45, 7) is 0. The largest absolute Gasteiger partial charge is 0.339 e. The molecule has 136 valence electrons. The Morgan fingerprint density at radius 1 is 1.27 bits per heavy atom. The number of sulfonamides is 1. The van der Waals surface area contributed by atoms with Gasteiger partial charge in [-0.05, 0) is 31.0 Å². The zero-order valence-electron chi connectivity index (χ0n) is 13.6. The Kier molecular flexibility index (Phi) is 4.68. The van der Waals surface area contributed by atoms with Crippen LogP contribution in [0.3, 0.4) is 0 Å². The highest BCUT2D eigenvalue weighted by Gasteiger charge is 2.24. The maximum atomic E-state index is 12.5. The lowest BCUT2D eigenvalue weighted by Gasteiger charge is -2.04. The highest BCUT2D eigenvalue weighted by molar-refractivity contribution is 7.94. The number of aromatic nitrogens is 3. The van der Waals surface area contributed by atoms with Gasteiger partial charge >= 0.3 is 0 Å². The van der Waals surface area contributed by atoms with E-state index in [1.807, 2.05) is 0 Å². The third-order valence-electron chi connectivity index (χ3n) is 4.21. The van der Waals surface area contributed by atoms with Crippen LogP contribution < -0.4 is 4.72 Å². The minimum atomic E-state index is -3.75. The van der Waals surface area contributed by atoms with E-state index in [2.05, 4.69) is 19.8 Å². The number of nitrogens with zero attached hydrogens (tertiary/aromatic N) is 3. The van der Waals surface area contributed by atoms with Crippen LogP contribution in [0.25, 0.3) is 11.4 Å². The summed E-state index contributed by atoms with van der Waals surface area (Å²) >= 11 is 6.85. The second kappa shape index (κ2) is 6.98. The van der Waals surface area contributed by atoms with Gasteiger partial charge in [0.15, 0.2) is 0 Å². The van der Waals surface area contributed by atoms with E-state index in [9.17, 15) is 8.42 Å². The molecule has 0 bridgehead atoms. The van der Waals surface area contributed by atoms with Crippen molar-refractivity contribution in [1.29, 1.82) is 0 Å². The lowest BCUT2D eigenvalue weighted by molar-refractivity contribution is 0.354. The van der Waals surface area contributed by atoms with Crippen LogP contribution in [-0.2, 0) is 10.0 Å². The standard InChI is InChI=1S/C16H15ClN4O3S2/c17-12-5-6-13(18-8-12)21-26(22,23)14-7-11(9-25-14)15-19-16(24-20-15)10-3-1-2-4-10/h5-10H,1-4H2,(H,18,21). The van der Waals surface area contributed by atoms with Gasteiger partial charge in [-0.15, -0.1) is 11.3 Å². The minimum Gasteiger partial charge on any atom is -0.339 e. The number of thiophene rings is 1. The zero-order valence-corrected chi connectivity index (χ0v) is 15.9. The number of nitrogens with one attached hydrogen (secondary N) is 1. The van der Waals surface area contributed by atoms with Crippen molar-refractivity contribution in [2.45, 2.75) is 35.8 Å². The van der Waals surface area contributed by atoms with Crippen LogP contribution in [0.5, 0.6) is 0 Å². The molecule has 0 amide bonds. The SMILES string of the molecule is O=S(=O)(Nc1ccc(Cl)cn1)c1cc(-c2noc(C3CCCC3)n2)cs1. The quantitative estimate of drug-likeness (QED) is 0.673. The summed E-state index contributed by atoms with van der Waals surface area (Å²) in [4.78, 5) is 8.38. The predicted molar refractivity (Wildman–Crippen MR) is 98.9 cm³/mol. The van der Waals surface area contributed by atoms with Crippen LogP contribution >= 0.6 is 22.9 Å². The van der Waals surface area contributed by atoms with Crippen LogP contribution in [-0.4, -0.2) is 23.5 Å². The Labute approximate surface area is 159 Å². The number of hydrogen-bond donors (Lipinski definition) is 1. The van der Waals surface area contributed by atoms with Crippen LogP contribution in [0.4, 0.5) is 5.82 Å². The van der Waals surface area contributed by atoms with Crippen molar-refractivity contribution < 1.29 is 12.9 Å². The van der Waals surface area contributed by atoms with E-state index in [0.717, 1.165) is 24.2 Å². The Hall–Kier alpha value is -1.97. The number of rotatable bonds is 5. The normalized spacial score (nSPS) is 15.4. The van der Waals surface area contributed by atoms with Crippen molar-refractivity contribution in [2.75, 3.05) is 4.72 Å². The van der Waals surface area contributed by atoms with Crippen molar-refractivity contribution in [3.05, 3.63) is 40.7 Å². The molecule has 0 spiro atoms. The Morgan fingerprint density at radius 2 is 2.08 bits per heavy atom. The van der Waals surface area contributed by atoms with Crippen LogP contribution in [0.1, 0.15) is 37.5 Å². The van der Waals surface area contributed by atoms with Crippen LogP contribution in [0, 0.1) is 0 Å². The van der Waals surface area contributed by atoms with Crippen molar-refractivity contribution in [1.82, 2.24) is 15.1 Å². The first-order chi connectivity index (χ1) is 12.5. The fourth-order valence-electron chi connectivity index (χ4n) is 2.89. The molecule has 7 nitrogen and oxygen atoms in total. The molecule has 3 aromatic rings. The predicted octanol–water partition coefficient (Wildman–Crippen LogP) is 4.30. The van der Waals surface area contributed by atoms with Gasteiger partial charge in [-0.1, -0.05) is 29.6 Å². The van der Waals surface area contributed by atoms with E-state index in [4.69, 9.17) is 16.1 Å². The molecule has 0 radical (unpaired) electrons. The summed E-state index contributed by atoms with van der Waals surface area (Å²) in [6, 6.07) is 4.60. The number of hydrogen-bond acceptors (Lipinski definition) is 7. The molecule has 10 heteroatoms. The van der Waals surface area contributed by atoms with Gasteiger partial charge in [-0.2, -0.15) is 4.98 Å². The molecular weight excluding hydrogens is 396 g/mol. The molecular formula is C16H15ClN4O3S2. The van der Waals surface area contributed by atoms with Gasteiger partial charge in [0, 0.05) is 23.1 Å². The van der Waals surface area contributed by atoms with Gasteiger partial charge in [-0.3, -0.25) is 4.72 Å². The molecule has 1 saturated carbocycles. The summed E-state index contributed by atoms with van der Waals surface area (Å²) < 4.78 is 33.0. The first-order valence-electron chi connectivity index (χ1n) is 8.08. The van der Waals surface area contributed by atoms with Gasteiger partial charge in [0.2, 0.25) is 11.7 Å². The molecule has 3 heterocycles. The van der Waals surface area contributed by atoms with Gasteiger partial charge in [0.1, 0.15) is 10.0 Å². The zero-order chi connectivity index (χ0) is 18.1. The summed E-state index contributed by atoms with van der Waals surface area (Å²) in [5.74, 6) is 1.56. The van der Waals surface area contributed by atoms with Crippen molar-refractivity contribution in [3.63, 3.8) is 0 Å². The van der Waals surface area contributed by atoms with Gasteiger partial charge in [0.25, 0.3) is 10.0 Å². The minimum absolute atomic E-state index is 0.150. The van der Waals surface area contributed by atoms with E-state index in [0.29, 0.717) is 28.2 Å². The van der Waals surface area contributed by atoms with Crippen molar-refractivity contribution in [3.8, 4) is 11.4 Å². The molecule has 1 aliphatic carbocycles. The smallest absolute Gasteiger partial charge is 0.272 e. The third-order valence-corrected chi connectivity index (χ3v) is 7.23. The van der Waals surface area contributed by atoms with Crippen LogP contribution in [0.15, 0.2) is 38.5 Å². The maximum Gasteiger partial charge on any atom is 0.272 e. The van der Waals surface area contributed by atoms with E-state index < -0.39 is 10.0 Å². The topological polar surface area (TPSA) is 98.0 Å². The maximum absolute atomic E-state index is 12.5. The Balaban J connectivity index is 1.54. The Bertz CT molecular complexity index is 1010. The van der Waals surface area contributed by atoms with Gasteiger partial charge < -0.3 is 4.52 Å². The number of pyridine rings is 1. The first kappa shape index (κ1) is 17.4. The first-order valence-corrected chi connectivity index (χ1v) is 10.8. The molecule has 3 aromatic heterocycles. The molecule has 26 heavy (non-hydrogen) atoms. The summed E-state index contributed by atoms with van der Waals surface area (Å²) in [7, 11) is -3.75. The highest BCUT2D eigenvalue weighted by atomic mass is 35.5. The van der Waals surface area contributed by atoms with Gasteiger partial charge in [0.05, 0.1) is 5.02 Å². The van der Waals surface area contributed by atoms with Crippen LogP contribution in [0.2, 0.25) is 5.02 Å². The molecule has 0 saturated heterocycles. The van der Waals surface area contributed by atoms with E-state index in [1.165, 1.54) is 31.2 Å². The van der Waals surface area contributed by atoms with E-state index in [-0.39, 0.29) is 10.0 Å². The molecule has 1 aliphatic rings. The highest BCUT2D eigenvalue weighted by Crippen LogP contribution is 2.35. The van der Waals surface area contributed by atoms with E-state index >= 15 is 0 Å².